The lowest BCUT2D eigenvalue weighted by molar-refractivity contribution is -0.188. The Morgan fingerprint density at radius 1 is 1.22 bits per heavy atom. The summed E-state index contributed by atoms with van der Waals surface area (Å²) in [6.07, 6.45) is -1.77. The van der Waals surface area contributed by atoms with Gasteiger partial charge < -0.3 is 0 Å². The summed E-state index contributed by atoms with van der Waals surface area (Å²) in [5.74, 6) is -1.10. The van der Waals surface area contributed by atoms with Gasteiger partial charge in [0, 0.05) is 16.9 Å². The molecule has 0 heterocycles. The van der Waals surface area contributed by atoms with Gasteiger partial charge in [0.15, 0.2) is 0 Å². The second-order valence-corrected chi connectivity index (χ2v) is 11.9. The number of halogens is 4. The molecule has 2 unspecified atom stereocenters. The molecule has 2 atom stereocenters. The molecule has 1 saturated carbocycles. The van der Waals surface area contributed by atoms with Gasteiger partial charge in [-0.25, -0.2) is 8.93 Å². The lowest BCUT2D eigenvalue weighted by Gasteiger charge is -2.42. The van der Waals surface area contributed by atoms with E-state index in [0.29, 0.717) is 19.4 Å². The zero-order chi connectivity index (χ0) is 20.0. The van der Waals surface area contributed by atoms with Crippen LogP contribution in [0.5, 0.6) is 0 Å². The number of hydrogen-bond acceptors (Lipinski definition) is 1. The Bertz CT molecular complexity index is 721. The molecule has 0 radical (unpaired) electrons. The number of fused-ring (bicyclic) bond motifs is 1. The third-order valence-electron chi connectivity index (χ3n) is 6.18. The zero-order valence-electron chi connectivity index (χ0n) is 16.0. The summed E-state index contributed by atoms with van der Waals surface area (Å²) in [4.78, 5) is 0. The molecule has 0 aromatic heterocycles. The molecule has 1 N–H and O–H groups in total. The molecule has 2 aliphatic rings. The maximum Gasteiger partial charge on any atom is 0.391 e. The van der Waals surface area contributed by atoms with E-state index < -0.39 is 23.1 Å². The molecule has 2 aliphatic carbocycles. The Hall–Kier alpha value is -0.400. The molecule has 152 valence electrons. The Kier molecular flexibility index (Phi) is 5.88. The highest BCUT2D eigenvalue weighted by Gasteiger charge is 2.51. The second-order valence-electron chi connectivity index (χ2n) is 8.98. The van der Waals surface area contributed by atoms with E-state index in [2.05, 4.69) is 32.8 Å². The summed E-state index contributed by atoms with van der Waals surface area (Å²) in [6, 6.07) is 6.17. The molecule has 7 heteroatoms. The topological polar surface area (TPSA) is 29.1 Å². The minimum Gasteiger partial charge on any atom is -0.242 e. The molecule has 3 rings (SSSR count). The van der Waals surface area contributed by atoms with E-state index in [-0.39, 0.29) is 28.9 Å². The van der Waals surface area contributed by atoms with E-state index in [1.807, 2.05) is 26.8 Å². The Labute approximate surface area is 170 Å². The van der Waals surface area contributed by atoms with Gasteiger partial charge in [0.2, 0.25) is 0 Å². The summed E-state index contributed by atoms with van der Waals surface area (Å²) in [6.45, 7) is 6.28. The van der Waals surface area contributed by atoms with Crippen LogP contribution >= 0.6 is 15.9 Å². The van der Waals surface area contributed by atoms with E-state index in [1.165, 1.54) is 11.1 Å². The standard InChI is InChI=1S/C20H27BrF3NOS/c1-18(2,3)27(26)25-12-17-16-10-15(21)5-4-13(16)11-19(17)8-6-14(7-9-19)20(22,23)24/h4-5,10,14,17,25H,6-9,11-12H2,1-3H3. The van der Waals surface area contributed by atoms with Crippen molar-refractivity contribution in [2.45, 2.75) is 69.7 Å². The lowest BCUT2D eigenvalue weighted by Crippen LogP contribution is -2.42. The smallest absolute Gasteiger partial charge is 0.242 e. The molecule has 0 aliphatic heterocycles. The fourth-order valence-electron chi connectivity index (χ4n) is 4.63. The minimum absolute atomic E-state index is 0.0884. The molecule has 1 aromatic carbocycles. The van der Waals surface area contributed by atoms with Crippen LogP contribution in [0.1, 0.15) is 63.5 Å². The third-order valence-corrected chi connectivity index (χ3v) is 8.22. The fraction of sp³-hybridized carbons (Fsp3) is 0.700. The maximum atomic E-state index is 13.2. The van der Waals surface area contributed by atoms with Crippen molar-refractivity contribution in [2.24, 2.45) is 11.3 Å². The summed E-state index contributed by atoms with van der Waals surface area (Å²) < 4.78 is 55.7. The maximum absolute atomic E-state index is 13.2. The minimum atomic E-state index is -4.10. The summed E-state index contributed by atoms with van der Waals surface area (Å²) in [7, 11) is -1.20. The van der Waals surface area contributed by atoms with Gasteiger partial charge in [-0.1, -0.05) is 22.0 Å². The molecular weight excluding hydrogens is 439 g/mol. The van der Waals surface area contributed by atoms with Crippen LogP contribution in [0.25, 0.3) is 0 Å². The molecule has 0 bridgehead atoms. The van der Waals surface area contributed by atoms with Crippen molar-refractivity contribution >= 4 is 26.9 Å². The lowest BCUT2D eigenvalue weighted by atomic mass is 9.64. The van der Waals surface area contributed by atoms with E-state index in [4.69, 9.17) is 0 Å². The molecule has 2 nitrogen and oxygen atoms in total. The van der Waals surface area contributed by atoms with Crippen LogP contribution < -0.4 is 4.72 Å². The van der Waals surface area contributed by atoms with Crippen LogP contribution in [-0.4, -0.2) is 21.7 Å². The predicted molar refractivity (Wildman–Crippen MR) is 107 cm³/mol. The van der Waals surface area contributed by atoms with Crippen molar-refractivity contribution < 1.29 is 17.4 Å². The summed E-state index contributed by atoms with van der Waals surface area (Å²) in [5, 5.41) is 0. The van der Waals surface area contributed by atoms with Crippen molar-refractivity contribution in [3.63, 3.8) is 0 Å². The van der Waals surface area contributed by atoms with E-state index in [1.54, 1.807) is 0 Å². The quantitative estimate of drug-likeness (QED) is 0.593. The van der Waals surface area contributed by atoms with Gasteiger partial charge in [-0.2, -0.15) is 13.2 Å². The van der Waals surface area contributed by atoms with Crippen molar-refractivity contribution in [1.29, 1.82) is 0 Å². The first kappa shape index (κ1) is 21.3. The average molecular weight is 466 g/mol. The first-order valence-corrected chi connectivity index (χ1v) is 11.4. The monoisotopic (exact) mass is 465 g/mol. The molecule has 1 spiro atoms. The van der Waals surface area contributed by atoms with Gasteiger partial charge in [0.1, 0.15) is 0 Å². The number of hydrogen-bond donors (Lipinski definition) is 1. The first-order chi connectivity index (χ1) is 12.4. The number of nitrogens with one attached hydrogen (secondary N) is 1. The predicted octanol–water partition coefficient (Wildman–Crippen LogP) is 5.88. The van der Waals surface area contributed by atoms with Crippen LogP contribution in [-0.2, 0) is 17.4 Å². The number of alkyl halides is 3. The summed E-state index contributed by atoms with van der Waals surface area (Å²) in [5.41, 5.74) is 2.24. The second kappa shape index (κ2) is 7.45. The molecule has 27 heavy (non-hydrogen) atoms. The van der Waals surface area contributed by atoms with Crippen LogP contribution in [0.15, 0.2) is 22.7 Å². The number of rotatable bonds is 3. The van der Waals surface area contributed by atoms with Gasteiger partial charge in [-0.3, -0.25) is 0 Å². The van der Waals surface area contributed by atoms with Gasteiger partial charge in [-0.05, 0) is 81.5 Å². The SMILES string of the molecule is CC(C)(C)S(=O)NCC1c2cc(Br)ccc2CC12CCC(C(F)(F)F)CC2. The van der Waals surface area contributed by atoms with Crippen molar-refractivity contribution in [2.75, 3.05) is 6.54 Å². The first-order valence-electron chi connectivity index (χ1n) is 9.43. The van der Waals surface area contributed by atoms with Crippen molar-refractivity contribution in [3.8, 4) is 0 Å². The van der Waals surface area contributed by atoms with Crippen LogP contribution in [0, 0.1) is 11.3 Å². The normalized spacial score (nSPS) is 29.7. The molecule has 0 saturated heterocycles. The fourth-order valence-corrected chi connectivity index (χ4v) is 5.76. The molecule has 1 aromatic rings. The van der Waals surface area contributed by atoms with E-state index in [9.17, 15) is 17.4 Å². The summed E-state index contributed by atoms with van der Waals surface area (Å²) >= 11 is 3.52. The van der Waals surface area contributed by atoms with E-state index in [0.717, 1.165) is 10.9 Å². The molecule has 1 fully saturated rings. The van der Waals surface area contributed by atoms with Gasteiger partial charge in [0.25, 0.3) is 0 Å². The highest BCUT2D eigenvalue weighted by Crippen LogP contribution is 2.57. The third kappa shape index (κ3) is 4.45. The highest BCUT2D eigenvalue weighted by molar-refractivity contribution is 9.10. The van der Waals surface area contributed by atoms with Gasteiger partial charge >= 0.3 is 6.18 Å². The van der Waals surface area contributed by atoms with Crippen LogP contribution in [0.2, 0.25) is 0 Å². The Morgan fingerprint density at radius 2 is 1.85 bits per heavy atom. The zero-order valence-corrected chi connectivity index (χ0v) is 18.4. The van der Waals surface area contributed by atoms with Gasteiger partial charge in [-0.15, -0.1) is 0 Å². The van der Waals surface area contributed by atoms with Crippen molar-refractivity contribution in [1.82, 2.24) is 4.72 Å². The van der Waals surface area contributed by atoms with E-state index >= 15 is 0 Å². The Balaban J connectivity index is 1.84. The van der Waals surface area contributed by atoms with Crippen molar-refractivity contribution in [3.05, 3.63) is 33.8 Å². The van der Waals surface area contributed by atoms with Gasteiger partial charge in [0.05, 0.1) is 21.7 Å². The Morgan fingerprint density at radius 3 is 2.41 bits per heavy atom. The molecule has 0 amide bonds. The largest absolute Gasteiger partial charge is 0.391 e. The number of benzene rings is 1. The highest BCUT2D eigenvalue weighted by atomic mass is 79.9. The van der Waals surface area contributed by atoms with Crippen LogP contribution in [0.3, 0.4) is 0 Å². The average Bonchev–Trinajstić information content (AvgIpc) is 2.83. The van der Waals surface area contributed by atoms with Crippen LogP contribution in [0.4, 0.5) is 13.2 Å². The molecular formula is C20H27BrF3NOS.